The number of aryl methyl sites for hydroxylation is 1. The van der Waals surface area contributed by atoms with Crippen molar-refractivity contribution < 1.29 is 4.74 Å². The number of nitrogens with zero attached hydrogens (tertiary/aromatic N) is 2. The van der Waals surface area contributed by atoms with E-state index in [1.165, 1.54) is 12.0 Å². The predicted molar refractivity (Wildman–Crippen MR) is 76.4 cm³/mol. The van der Waals surface area contributed by atoms with Gasteiger partial charge < -0.3 is 10.1 Å². The van der Waals surface area contributed by atoms with Crippen molar-refractivity contribution in [2.24, 2.45) is 0 Å². The van der Waals surface area contributed by atoms with Crippen LogP contribution in [0.25, 0.3) is 10.9 Å². The smallest absolute Gasteiger partial charge is 0.137 e. The average molecular weight is 257 g/mol. The Balaban J connectivity index is 1.86. The Morgan fingerprint density at radius 1 is 1.32 bits per heavy atom. The fourth-order valence-corrected chi connectivity index (χ4v) is 2.58. The molecule has 2 aromatic rings. The summed E-state index contributed by atoms with van der Waals surface area (Å²) in [5.41, 5.74) is 2.19. The molecule has 0 saturated heterocycles. The van der Waals surface area contributed by atoms with Crippen molar-refractivity contribution in [2.45, 2.75) is 31.8 Å². The summed E-state index contributed by atoms with van der Waals surface area (Å²) in [7, 11) is 1.79. The monoisotopic (exact) mass is 257 g/mol. The highest BCUT2D eigenvalue weighted by atomic mass is 16.5. The number of benzene rings is 1. The van der Waals surface area contributed by atoms with E-state index in [-0.39, 0.29) is 5.60 Å². The molecule has 3 rings (SSSR count). The zero-order chi connectivity index (χ0) is 13.3. The summed E-state index contributed by atoms with van der Waals surface area (Å²) in [6.07, 6.45) is 5.11. The second kappa shape index (κ2) is 4.78. The number of methoxy groups -OCH3 is 1. The van der Waals surface area contributed by atoms with Crippen LogP contribution in [0.2, 0.25) is 0 Å². The molecule has 0 amide bonds. The molecule has 1 heterocycles. The summed E-state index contributed by atoms with van der Waals surface area (Å²) in [6.45, 7) is 2.89. The van der Waals surface area contributed by atoms with Crippen LogP contribution in [0, 0.1) is 6.92 Å². The maximum absolute atomic E-state index is 5.63. The van der Waals surface area contributed by atoms with E-state index >= 15 is 0 Å². The van der Waals surface area contributed by atoms with E-state index in [2.05, 4.69) is 34.3 Å². The molecule has 4 nitrogen and oxygen atoms in total. The van der Waals surface area contributed by atoms with E-state index in [9.17, 15) is 0 Å². The molecule has 19 heavy (non-hydrogen) atoms. The van der Waals surface area contributed by atoms with Gasteiger partial charge in [0, 0.05) is 19.0 Å². The molecule has 0 spiro atoms. The maximum atomic E-state index is 5.63. The van der Waals surface area contributed by atoms with E-state index in [0.717, 1.165) is 36.1 Å². The Morgan fingerprint density at radius 2 is 2.16 bits per heavy atom. The molecule has 0 atom stereocenters. The molecular weight excluding hydrogens is 238 g/mol. The fraction of sp³-hybridized carbons (Fsp3) is 0.467. The molecule has 100 valence electrons. The Kier molecular flexibility index (Phi) is 3.11. The summed E-state index contributed by atoms with van der Waals surface area (Å²) < 4.78 is 5.63. The number of ether oxygens (including phenoxy) is 1. The second-order valence-electron chi connectivity index (χ2n) is 5.34. The third-order valence-electron chi connectivity index (χ3n) is 4.07. The minimum atomic E-state index is 0.00109. The van der Waals surface area contributed by atoms with Crippen molar-refractivity contribution in [3.05, 3.63) is 30.1 Å². The number of nitrogens with one attached hydrogen (secondary N) is 1. The Hall–Kier alpha value is -1.68. The molecule has 1 aromatic carbocycles. The first kappa shape index (κ1) is 12.4. The highest BCUT2D eigenvalue weighted by Crippen LogP contribution is 2.35. The lowest BCUT2D eigenvalue weighted by atomic mass is 9.80. The lowest BCUT2D eigenvalue weighted by Crippen LogP contribution is -2.45. The minimum Gasteiger partial charge on any atom is -0.376 e. The zero-order valence-electron chi connectivity index (χ0n) is 11.4. The van der Waals surface area contributed by atoms with Gasteiger partial charge >= 0.3 is 0 Å². The molecule has 1 aliphatic rings. The van der Waals surface area contributed by atoms with Crippen LogP contribution in [-0.4, -0.2) is 29.2 Å². The third-order valence-corrected chi connectivity index (χ3v) is 4.07. The van der Waals surface area contributed by atoms with Crippen LogP contribution in [0.5, 0.6) is 0 Å². The fourth-order valence-electron chi connectivity index (χ4n) is 2.58. The summed E-state index contributed by atoms with van der Waals surface area (Å²) in [6, 6.07) is 6.23. The van der Waals surface area contributed by atoms with Gasteiger partial charge in [-0.1, -0.05) is 11.6 Å². The van der Waals surface area contributed by atoms with Crippen LogP contribution in [0.3, 0.4) is 0 Å². The summed E-state index contributed by atoms with van der Waals surface area (Å²) >= 11 is 0. The number of hydrogen-bond donors (Lipinski definition) is 1. The van der Waals surface area contributed by atoms with Crippen molar-refractivity contribution in [3.8, 4) is 0 Å². The van der Waals surface area contributed by atoms with Gasteiger partial charge in [0.25, 0.3) is 0 Å². The highest BCUT2D eigenvalue weighted by Gasteiger charge is 2.36. The third kappa shape index (κ3) is 2.28. The van der Waals surface area contributed by atoms with Crippen LogP contribution in [0.1, 0.15) is 24.8 Å². The highest BCUT2D eigenvalue weighted by molar-refractivity contribution is 5.89. The number of hydrogen-bond acceptors (Lipinski definition) is 4. The van der Waals surface area contributed by atoms with Gasteiger partial charge in [-0.25, -0.2) is 9.97 Å². The van der Waals surface area contributed by atoms with Gasteiger partial charge in [-0.3, -0.25) is 0 Å². The van der Waals surface area contributed by atoms with Crippen molar-refractivity contribution in [1.82, 2.24) is 9.97 Å². The SMILES string of the molecule is COC1(CNc2ncnc3ccc(C)cc23)CCC1. The number of rotatable bonds is 4. The molecule has 4 heteroatoms. The number of anilines is 1. The Morgan fingerprint density at radius 3 is 2.84 bits per heavy atom. The Labute approximate surface area is 113 Å². The molecule has 1 saturated carbocycles. The Bertz CT molecular complexity index is 587. The van der Waals surface area contributed by atoms with Gasteiger partial charge in [0.05, 0.1) is 11.1 Å². The van der Waals surface area contributed by atoms with Gasteiger partial charge in [0.15, 0.2) is 0 Å². The van der Waals surface area contributed by atoms with Crippen LogP contribution in [-0.2, 0) is 4.74 Å². The van der Waals surface area contributed by atoms with Crippen molar-refractivity contribution >= 4 is 16.7 Å². The molecule has 0 aliphatic heterocycles. The summed E-state index contributed by atoms with van der Waals surface area (Å²) in [4.78, 5) is 8.67. The van der Waals surface area contributed by atoms with Crippen LogP contribution in [0.4, 0.5) is 5.82 Å². The van der Waals surface area contributed by atoms with Crippen LogP contribution < -0.4 is 5.32 Å². The van der Waals surface area contributed by atoms with Gasteiger partial charge in [-0.05, 0) is 38.3 Å². The predicted octanol–water partition coefficient (Wildman–Crippen LogP) is 2.92. The topological polar surface area (TPSA) is 47.0 Å². The first-order valence-electron chi connectivity index (χ1n) is 6.73. The quantitative estimate of drug-likeness (QED) is 0.914. The number of fused-ring (bicyclic) bond motifs is 1. The molecular formula is C15H19N3O. The van der Waals surface area contributed by atoms with Crippen LogP contribution in [0.15, 0.2) is 24.5 Å². The molecule has 1 fully saturated rings. The maximum Gasteiger partial charge on any atom is 0.137 e. The van der Waals surface area contributed by atoms with Crippen molar-refractivity contribution in [1.29, 1.82) is 0 Å². The second-order valence-corrected chi connectivity index (χ2v) is 5.34. The minimum absolute atomic E-state index is 0.00109. The lowest BCUT2D eigenvalue weighted by Gasteiger charge is -2.40. The van der Waals surface area contributed by atoms with E-state index < -0.39 is 0 Å². The van der Waals surface area contributed by atoms with Gasteiger partial charge in [0.1, 0.15) is 12.1 Å². The van der Waals surface area contributed by atoms with E-state index in [1.54, 1.807) is 13.4 Å². The average Bonchev–Trinajstić information content (AvgIpc) is 2.38. The standard InChI is InChI=1S/C15H19N3O/c1-11-4-5-13-12(8-11)14(18-10-17-13)16-9-15(19-2)6-3-7-15/h4-5,8,10H,3,6-7,9H2,1-2H3,(H,16,17,18). The first-order chi connectivity index (χ1) is 9.22. The molecule has 0 radical (unpaired) electrons. The van der Waals surface area contributed by atoms with Gasteiger partial charge in [-0.2, -0.15) is 0 Å². The van der Waals surface area contributed by atoms with E-state index in [4.69, 9.17) is 4.74 Å². The van der Waals surface area contributed by atoms with E-state index in [1.807, 2.05) is 6.07 Å². The normalized spacial score (nSPS) is 17.2. The first-order valence-corrected chi connectivity index (χ1v) is 6.73. The van der Waals surface area contributed by atoms with Crippen LogP contribution >= 0.6 is 0 Å². The molecule has 1 N–H and O–H groups in total. The van der Waals surface area contributed by atoms with Gasteiger partial charge in [-0.15, -0.1) is 0 Å². The molecule has 1 aliphatic carbocycles. The van der Waals surface area contributed by atoms with E-state index in [0.29, 0.717) is 0 Å². The largest absolute Gasteiger partial charge is 0.376 e. The molecule has 1 aromatic heterocycles. The molecule has 0 bridgehead atoms. The van der Waals surface area contributed by atoms with Gasteiger partial charge in [0.2, 0.25) is 0 Å². The summed E-state index contributed by atoms with van der Waals surface area (Å²) in [5, 5.41) is 4.51. The lowest BCUT2D eigenvalue weighted by molar-refractivity contribution is -0.0601. The zero-order valence-corrected chi connectivity index (χ0v) is 11.4. The molecule has 0 unspecified atom stereocenters. The van der Waals surface area contributed by atoms with Crippen molar-refractivity contribution in [3.63, 3.8) is 0 Å². The van der Waals surface area contributed by atoms with Crippen molar-refractivity contribution in [2.75, 3.05) is 19.0 Å². The summed E-state index contributed by atoms with van der Waals surface area (Å²) in [5.74, 6) is 0.900. The number of aromatic nitrogens is 2.